The highest BCUT2D eigenvalue weighted by Crippen LogP contribution is 2.24. The first-order chi connectivity index (χ1) is 7.16. The molecule has 0 spiro atoms. The summed E-state index contributed by atoms with van der Waals surface area (Å²) >= 11 is 1.64. The van der Waals surface area contributed by atoms with E-state index < -0.39 is 5.97 Å². The number of hydrogen-bond donors (Lipinski definition) is 1. The maximum atomic E-state index is 10.8. The maximum absolute atomic E-state index is 10.8. The van der Waals surface area contributed by atoms with Crippen molar-refractivity contribution in [3.63, 3.8) is 0 Å². The van der Waals surface area contributed by atoms with Crippen molar-refractivity contribution in [2.45, 2.75) is 6.92 Å². The molecule has 0 aliphatic heterocycles. The van der Waals surface area contributed by atoms with Gasteiger partial charge in [-0.15, -0.1) is 11.3 Å². The minimum Gasteiger partial charge on any atom is -0.478 e. The second kappa shape index (κ2) is 3.82. The fourth-order valence-corrected chi connectivity index (χ4v) is 2.02. The molecule has 0 saturated heterocycles. The number of carboxylic acids is 1. The van der Waals surface area contributed by atoms with Crippen molar-refractivity contribution in [1.29, 1.82) is 0 Å². The molecular weight excluding hydrogens is 210 g/mol. The van der Waals surface area contributed by atoms with Crippen LogP contribution in [0, 0.1) is 6.92 Å². The first-order valence-electron chi connectivity index (χ1n) is 4.40. The Bertz CT molecular complexity index is 505. The van der Waals surface area contributed by atoms with Gasteiger partial charge in [0.1, 0.15) is 0 Å². The van der Waals surface area contributed by atoms with Crippen LogP contribution < -0.4 is 0 Å². The summed E-state index contributed by atoms with van der Waals surface area (Å²) in [5.74, 6) is -0.948. The molecule has 0 radical (unpaired) electrons. The van der Waals surface area contributed by atoms with Crippen LogP contribution in [0.2, 0.25) is 0 Å². The second-order valence-electron chi connectivity index (χ2n) is 3.21. The van der Waals surface area contributed by atoms with Crippen LogP contribution >= 0.6 is 11.3 Å². The molecule has 0 bridgehead atoms. The van der Waals surface area contributed by atoms with Crippen molar-refractivity contribution < 1.29 is 9.90 Å². The fourth-order valence-electron chi connectivity index (χ4n) is 1.31. The van der Waals surface area contributed by atoms with Crippen LogP contribution in [0.3, 0.4) is 0 Å². The molecule has 0 atom stereocenters. The van der Waals surface area contributed by atoms with Crippen molar-refractivity contribution in [2.24, 2.45) is 0 Å². The number of aromatic carboxylic acids is 1. The summed E-state index contributed by atoms with van der Waals surface area (Å²) in [6, 6.07) is 3.66. The smallest absolute Gasteiger partial charge is 0.337 e. The van der Waals surface area contributed by atoms with Crippen LogP contribution in [0.1, 0.15) is 15.2 Å². The van der Waals surface area contributed by atoms with Gasteiger partial charge in [-0.3, -0.25) is 4.98 Å². The van der Waals surface area contributed by atoms with E-state index in [0.717, 1.165) is 11.1 Å². The lowest BCUT2D eigenvalue weighted by molar-refractivity contribution is 0.0696. The molecule has 1 N–H and O–H groups in total. The molecule has 2 aromatic heterocycles. The molecule has 76 valence electrons. The third kappa shape index (κ3) is 2.05. The largest absolute Gasteiger partial charge is 0.478 e. The van der Waals surface area contributed by atoms with E-state index >= 15 is 0 Å². The van der Waals surface area contributed by atoms with Gasteiger partial charge >= 0.3 is 5.97 Å². The third-order valence-corrected chi connectivity index (χ3v) is 2.91. The first kappa shape index (κ1) is 9.86. The molecule has 15 heavy (non-hydrogen) atoms. The lowest BCUT2D eigenvalue weighted by Gasteiger charge is -1.98. The molecule has 0 saturated carbocycles. The predicted octanol–water partition coefficient (Wildman–Crippen LogP) is 2.82. The first-order valence-corrected chi connectivity index (χ1v) is 5.28. The maximum Gasteiger partial charge on any atom is 0.337 e. The number of aromatic nitrogens is 1. The lowest BCUT2D eigenvalue weighted by atomic mass is 10.1. The van der Waals surface area contributed by atoms with E-state index in [2.05, 4.69) is 4.98 Å². The van der Waals surface area contributed by atoms with Gasteiger partial charge in [0.25, 0.3) is 0 Å². The number of carboxylic acid groups (broad SMARTS) is 1. The van der Waals surface area contributed by atoms with Crippen molar-refractivity contribution in [1.82, 2.24) is 4.98 Å². The van der Waals surface area contributed by atoms with Crippen LogP contribution in [0.4, 0.5) is 0 Å². The molecule has 0 amide bonds. The Hall–Kier alpha value is -1.68. The Balaban J connectivity index is 2.45. The van der Waals surface area contributed by atoms with Gasteiger partial charge in [-0.2, -0.15) is 0 Å². The van der Waals surface area contributed by atoms with Gasteiger partial charge in [-0.05, 0) is 30.0 Å². The standard InChI is InChI=1S/C11H9NO2S/c1-7-2-10(6-15-7)8-3-9(11(13)14)5-12-4-8/h2-6H,1H3,(H,13,14). The number of pyridine rings is 1. The average Bonchev–Trinajstić information content (AvgIpc) is 2.65. The average molecular weight is 219 g/mol. The highest BCUT2D eigenvalue weighted by Gasteiger charge is 2.06. The Morgan fingerprint density at radius 3 is 2.73 bits per heavy atom. The molecule has 0 unspecified atom stereocenters. The summed E-state index contributed by atoms with van der Waals surface area (Å²) < 4.78 is 0. The molecule has 4 heteroatoms. The lowest BCUT2D eigenvalue weighted by Crippen LogP contribution is -1.96. The zero-order valence-electron chi connectivity index (χ0n) is 8.10. The minimum absolute atomic E-state index is 0.219. The molecule has 2 aromatic rings. The van der Waals surface area contributed by atoms with Gasteiger partial charge in [0, 0.05) is 22.8 Å². The molecule has 2 rings (SSSR count). The zero-order valence-corrected chi connectivity index (χ0v) is 8.91. The van der Waals surface area contributed by atoms with Crippen LogP contribution in [-0.4, -0.2) is 16.1 Å². The van der Waals surface area contributed by atoms with Gasteiger partial charge in [0.2, 0.25) is 0 Å². The van der Waals surface area contributed by atoms with Gasteiger partial charge in [0.15, 0.2) is 0 Å². The number of thiophene rings is 1. The van der Waals surface area contributed by atoms with Crippen LogP contribution in [0.15, 0.2) is 29.9 Å². The minimum atomic E-state index is -0.948. The summed E-state index contributed by atoms with van der Waals surface area (Å²) in [5.41, 5.74) is 2.09. The zero-order chi connectivity index (χ0) is 10.8. The quantitative estimate of drug-likeness (QED) is 0.844. The Morgan fingerprint density at radius 2 is 2.13 bits per heavy atom. The molecule has 0 aliphatic carbocycles. The van der Waals surface area contributed by atoms with Crippen LogP contribution in [0.25, 0.3) is 11.1 Å². The van der Waals surface area contributed by atoms with Gasteiger partial charge in [-0.25, -0.2) is 4.79 Å². The van der Waals surface area contributed by atoms with E-state index in [-0.39, 0.29) is 5.56 Å². The molecule has 0 aromatic carbocycles. The number of nitrogens with zero attached hydrogens (tertiary/aromatic N) is 1. The van der Waals surface area contributed by atoms with Crippen molar-refractivity contribution in [2.75, 3.05) is 0 Å². The summed E-state index contributed by atoms with van der Waals surface area (Å²) in [6.07, 6.45) is 3.03. The van der Waals surface area contributed by atoms with E-state index in [1.165, 1.54) is 11.1 Å². The number of carbonyl (C=O) groups is 1. The topological polar surface area (TPSA) is 50.2 Å². The Labute approximate surface area is 91.0 Å². The normalized spacial score (nSPS) is 10.2. The monoisotopic (exact) mass is 219 g/mol. The molecule has 0 fully saturated rings. The van der Waals surface area contributed by atoms with E-state index in [1.54, 1.807) is 23.6 Å². The third-order valence-electron chi connectivity index (χ3n) is 2.05. The molecular formula is C11H9NO2S. The number of aryl methyl sites for hydroxylation is 1. The van der Waals surface area contributed by atoms with E-state index in [9.17, 15) is 4.79 Å². The summed E-state index contributed by atoms with van der Waals surface area (Å²) in [7, 11) is 0. The van der Waals surface area contributed by atoms with E-state index in [0.29, 0.717) is 0 Å². The van der Waals surface area contributed by atoms with E-state index in [1.807, 2.05) is 18.4 Å². The summed E-state index contributed by atoms with van der Waals surface area (Å²) in [6.45, 7) is 2.02. The van der Waals surface area contributed by atoms with Gasteiger partial charge in [-0.1, -0.05) is 0 Å². The Kier molecular flexibility index (Phi) is 2.51. The predicted molar refractivity (Wildman–Crippen MR) is 59.2 cm³/mol. The van der Waals surface area contributed by atoms with E-state index in [4.69, 9.17) is 5.11 Å². The van der Waals surface area contributed by atoms with Crippen molar-refractivity contribution in [3.8, 4) is 11.1 Å². The molecule has 3 nitrogen and oxygen atoms in total. The number of hydrogen-bond acceptors (Lipinski definition) is 3. The van der Waals surface area contributed by atoms with Crippen LogP contribution in [0.5, 0.6) is 0 Å². The SMILES string of the molecule is Cc1cc(-c2cncc(C(=O)O)c2)cs1. The molecule has 0 aliphatic rings. The summed E-state index contributed by atoms with van der Waals surface area (Å²) in [4.78, 5) is 15.9. The highest BCUT2D eigenvalue weighted by molar-refractivity contribution is 7.10. The van der Waals surface area contributed by atoms with Crippen molar-refractivity contribution >= 4 is 17.3 Å². The summed E-state index contributed by atoms with van der Waals surface area (Å²) in [5, 5.41) is 10.8. The second-order valence-corrected chi connectivity index (χ2v) is 4.33. The Morgan fingerprint density at radius 1 is 1.33 bits per heavy atom. The fraction of sp³-hybridized carbons (Fsp3) is 0.0909. The van der Waals surface area contributed by atoms with Crippen molar-refractivity contribution in [3.05, 3.63) is 40.3 Å². The highest BCUT2D eigenvalue weighted by atomic mass is 32.1. The van der Waals surface area contributed by atoms with Gasteiger partial charge in [0.05, 0.1) is 5.56 Å². The van der Waals surface area contributed by atoms with Crippen LogP contribution in [-0.2, 0) is 0 Å². The van der Waals surface area contributed by atoms with Gasteiger partial charge < -0.3 is 5.11 Å². The number of rotatable bonds is 2. The molecule has 2 heterocycles.